The Morgan fingerprint density at radius 1 is 1.12 bits per heavy atom. The van der Waals surface area contributed by atoms with Crippen molar-refractivity contribution in [1.82, 2.24) is 25.2 Å². The number of benzene rings is 1. The van der Waals surface area contributed by atoms with Gasteiger partial charge in [-0.15, -0.1) is 0 Å². The molecule has 1 unspecified atom stereocenters. The Balaban J connectivity index is 1.36. The first-order valence-electron chi connectivity index (χ1n) is 19.2. The van der Waals surface area contributed by atoms with E-state index in [2.05, 4.69) is 25.1 Å². The molecule has 2 saturated carbocycles. The number of hydrogen-bond donors (Lipinski definition) is 3. The molecule has 324 valence electrons. The smallest absolute Gasteiger partial charge is 0.425 e. The lowest BCUT2D eigenvalue weighted by Crippen LogP contribution is -2.59. The minimum Gasteiger partial charge on any atom is -0.472 e. The first-order chi connectivity index (χ1) is 27.7. The highest BCUT2D eigenvalue weighted by Crippen LogP contribution is 2.46. The number of halogens is 6. The number of pyridine rings is 1. The molecule has 2 aromatic rings. The van der Waals surface area contributed by atoms with Crippen LogP contribution in [0.2, 0.25) is 5.02 Å². The van der Waals surface area contributed by atoms with E-state index >= 15 is 0 Å². The van der Waals surface area contributed by atoms with Gasteiger partial charge >= 0.3 is 12.3 Å². The summed E-state index contributed by atoms with van der Waals surface area (Å²) >= 11 is 6.43. The van der Waals surface area contributed by atoms with Crippen LogP contribution in [0.5, 0.6) is 11.8 Å². The Hall–Kier alpha value is -4.46. The number of alkyl carbamates (subject to hydrolysis) is 1. The number of carbonyl (C=O) groups is 4. The number of nitrogens with zero attached hydrogens (tertiary/aromatic N) is 2. The molecule has 6 rings (SSSR count). The maximum Gasteiger partial charge on any atom is 0.425 e. The van der Waals surface area contributed by atoms with Crippen LogP contribution in [0.15, 0.2) is 36.4 Å². The van der Waals surface area contributed by atoms with Crippen molar-refractivity contribution in [2.45, 2.75) is 113 Å². The standard InChI is InChI=1S/C38H45ClF5N5O9S/c1-19-7-4-5-8-22-16-37(22,35(52)48-59(54,55)24-11-12-24)47-32(50)28-14-23(58-33-25-9-6-10-27(39)26(25)15-30(45-33)56-18-29(40)41)17-49(28)34(51)31(20(2)13-19)46-36(53)57-21(3)38(42,43)44/h5-6,8-10,15,19-24,28-29,31H,4,7,11-14,16-18H2,1-3H3,(H,46,53)(H,47,50)(H,48,52)/b8-5-/t19-,20-,21-,22?,23-,28+,31+,37-/m1/s1. The van der Waals surface area contributed by atoms with Crippen molar-refractivity contribution in [3.8, 4) is 11.8 Å². The summed E-state index contributed by atoms with van der Waals surface area (Å²) in [7, 11) is -4.03. The van der Waals surface area contributed by atoms with E-state index in [0.29, 0.717) is 49.8 Å². The van der Waals surface area contributed by atoms with Gasteiger partial charge in [-0.3, -0.25) is 19.1 Å². The largest absolute Gasteiger partial charge is 0.472 e. The van der Waals surface area contributed by atoms with Crippen LogP contribution in [0, 0.1) is 17.8 Å². The van der Waals surface area contributed by atoms with Crippen molar-refractivity contribution in [1.29, 1.82) is 0 Å². The molecule has 21 heteroatoms. The van der Waals surface area contributed by atoms with Crippen LogP contribution in [0.1, 0.15) is 65.7 Å². The number of alkyl halides is 5. The molecule has 4 amide bonds. The number of allylic oxidation sites excluding steroid dienone is 1. The third-order valence-electron chi connectivity index (χ3n) is 11.0. The van der Waals surface area contributed by atoms with Crippen molar-refractivity contribution in [2.75, 3.05) is 13.2 Å². The maximum absolute atomic E-state index is 14.7. The summed E-state index contributed by atoms with van der Waals surface area (Å²) in [6.45, 7) is 2.78. The third kappa shape index (κ3) is 10.3. The molecule has 1 aromatic carbocycles. The molecule has 8 atom stereocenters. The van der Waals surface area contributed by atoms with Crippen LogP contribution in [0.25, 0.3) is 10.8 Å². The van der Waals surface area contributed by atoms with E-state index in [1.807, 2.05) is 13.0 Å². The molecule has 4 aliphatic rings. The van der Waals surface area contributed by atoms with Gasteiger partial charge in [0.2, 0.25) is 33.6 Å². The van der Waals surface area contributed by atoms with Gasteiger partial charge in [-0.05, 0) is 69.4 Å². The van der Waals surface area contributed by atoms with E-state index in [9.17, 15) is 49.5 Å². The number of ether oxygens (including phenoxy) is 3. The zero-order valence-corrected chi connectivity index (χ0v) is 33.8. The quantitative estimate of drug-likeness (QED) is 0.206. The lowest BCUT2D eigenvalue weighted by Gasteiger charge is -2.33. The second-order valence-electron chi connectivity index (χ2n) is 15.8. The van der Waals surface area contributed by atoms with Crippen LogP contribution in [-0.4, -0.2) is 103 Å². The van der Waals surface area contributed by atoms with Gasteiger partial charge < -0.3 is 29.7 Å². The fraction of sp³-hybridized carbons (Fsp3) is 0.605. The number of aromatic nitrogens is 1. The maximum atomic E-state index is 14.7. The Kier molecular flexibility index (Phi) is 12.9. The number of rotatable bonds is 10. The highest BCUT2D eigenvalue weighted by molar-refractivity contribution is 7.91. The van der Waals surface area contributed by atoms with E-state index < -0.39 is 100.0 Å². The lowest BCUT2D eigenvalue weighted by atomic mass is 9.88. The van der Waals surface area contributed by atoms with Gasteiger partial charge in [-0.1, -0.05) is 43.7 Å². The molecule has 2 aliphatic heterocycles. The Morgan fingerprint density at radius 3 is 2.53 bits per heavy atom. The summed E-state index contributed by atoms with van der Waals surface area (Å²) in [5.74, 6) is -4.51. The van der Waals surface area contributed by atoms with E-state index in [1.54, 1.807) is 25.1 Å². The monoisotopic (exact) mass is 877 g/mol. The summed E-state index contributed by atoms with van der Waals surface area (Å²) in [5.41, 5.74) is -1.71. The highest BCUT2D eigenvalue weighted by Gasteiger charge is 2.62. The molecule has 14 nitrogen and oxygen atoms in total. The minimum absolute atomic E-state index is 0.0456. The summed E-state index contributed by atoms with van der Waals surface area (Å²) in [6, 6.07) is 3.09. The van der Waals surface area contributed by atoms with Crippen molar-refractivity contribution < 1.29 is 63.8 Å². The first-order valence-corrected chi connectivity index (χ1v) is 21.2. The Labute approximate surface area is 341 Å². The summed E-state index contributed by atoms with van der Waals surface area (Å²) in [4.78, 5) is 61.2. The second kappa shape index (κ2) is 17.3. The van der Waals surface area contributed by atoms with Gasteiger partial charge in [0.1, 0.15) is 23.7 Å². The molecule has 3 fully saturated rings. The number of hydrogen-bond acceptors (Lipinski definition) is 10. The zero-order valence-electron chi connectivity index (χ0n) is 32.3. The number of sulfonamides is 1. The number of carbonyl (C=O) groups excluding carboxylic acids is 4. The first kappa shape index (κ1) is 44.1. The molecule has 3 heterocycles. The normalized spacial score (nSPS) is 28.9. The molecular formula is C38H45ClF5N5O9S. The summed E-state index contributed by atoms with van der Waals surface area (Å²) < 4.78 is 110. The molecule has 2 aliphatic carbocycles. The molecule has 0 bridgehead atoms. The molecular weight excluding hydrogens is 833 g/mol. The van der Waals surface area contributed by atoms with Crippen LogP contribution < -0.4 is 24.8 Å². The van der Waals surface area contributed by atoms with Gasteiger partial charge in [-0.2, -0.15) is 18.2 Å². The van der Waals surface area contributed by atoms with E-state index in [4.69, 9.17) is 21.1 Å². The number of fused-ring (bicyclic) bond motifs is 3. The second-order valence-corrected chi connectivity index (χ2v) is 18.1. The number of amides is 4. The van der Waals surface area contributed by atoms with Crippen molar-refractivity contribution in [3.05, 3.63) is 41.4 Å². The molecule has 1 aromatic heterocycles. The van der Waals surface area contributed by atoms with Gasteiger partial charge in [0.15, 0.2) is 12.7 Å². The molecule has 0 spiro atoms. The van der Waals surface area contributed by atoms with Gasteiger partial charge in [0.25, 0.3) is 12.3 Å². The van der Waals surface area contributed by atoms with Crippen LogP contribution >= 0.6 is 11.6 Å². The predicted octanol–water partition coefficient (Wildman–Crippen LogP) is 5.42. The molecule has 3 N–H and O–H groups in total. The fourth-order valence-corrected chi connectivity index (χ4v) is 9.14. The topological polar surface area (TPSA) is 182 Å². The van der Waals surface area contributed by atoms with Crippen molar-refractivity contribution >= 4 is 56.2 Å². The Bertz CT molecular complexity index is 2090. The van der Waals surface area contributed by atoms with Crippen LogP contribution in [0.4, 0.5) is 26.7 Å². The van der Waals surface area contributed by atoms with Crippen LogP contribution in [0.3, 0.4) is 0 Å². The average molecular weight is 878 g/mol. The van der Waals surface area contributed by atoms with Gasteiger partial charge in [0.05, 0.1) is 11.8 Å². The molecule has 0 radical (unpaired) electrons. The zero-order chi connectivity index (χ0) is 43.0. The fourth-order valence-electron chi connectivity index (χ4n) is 7.54. The Morgan fingerprint density at radius 2 is 1.85 bits per heavy atom. The van der Waals surface area contributed by atoms with Crippen molar-refractivity contribution in [3.63, 3.8) is 0 Å². The van der Waals surface area contributed by atoms with E-state index in [1.165, 1.54) is 12.1 Å². The van der Waals surface area contributed by atoms with Gasteiger partial charge in [-0.25, -0.2) is 22.0 Å². The molecule has 59 heavy (non-hydrogen) atoms. The number of nitrogens with one attached hydrogen (secondary N) is 3. The van der Waals surface area contributed by atoms with Crippen molar-refractivity contribution in [2.24, 2.45) is 17.8 Å². The lowest BCUT2D eigenvalue weighted by molar-refractivity contribution is -0.197. The van der Waals surface area contributed by atoms with E-state index in [0.717, 1.165) is 4.90 Å². The minimum atomic E-state index is -4.90. The molecule has 1 saturated heterocycles. The van der Waals surface area contributed by atoms with E-state index in [-0.39, 0.29) is 42.1 Å². The summed E-state index contributed by atoms with van der Waals surface area (Å²) in [5, 5.41) is 5.12. The average Bonchev–Trinajstić information content (AvgIpc) is 4.08. The predicted molar refractivity (Wildman–Crippen MR) is 202 cm³/mol. The summed E-state index contributed by atoms with van der Waals surface area (Å²) in [6.07, 6.45) is -7.41. The highest BCUT2D eigenvalue weighted by atomic mass is 35.5. The SMILES string of the molecule is C[C@@H]1CC/C=C\C2C[C@@]2(C(=O)NS(=O)(=O)C2CC2)NC(=O)[C@@H]2C[C@@H](Oc3nc(OCC(F)F)cc4c(Cl)cccc34)CN2C(=O)[C@@H](NC(=O)O[C@H](C)C(F)(F)F)[C@H](C)C1. The third-order valence-corrected chi connectivity index (χ3v) is 13.2. The van der Waals surface area contributed by atoms with Crippen LogP contribution in [-0.2, 0) is 29.1 Å². The van der Waals surface area contributed by atoms with Gasteiger partial charge in [0, 0.05) is 34.2 Å².